The van der Waals surface area contributed by atoms with E-state index in [1.165, 1.54) is 11.1 Å². The molecule has 0 saturated carbocycles. The molecule has 2 rings (SSSR count). The zero-order valence-corrected chi connectivity index (χ0v) is 16.8. The van der Waals surface area contributed by atoms with Crippen molar-refractivity contribution in [3.63, 3.8) is 0 Å². The number of amides is 1. The van der Waals surface area contributed by atoms with Gasteiger partial charge >= 0.3 is 0 Å². The smallest absolute Gasteiger partial charge is 0.249 e. The second-order valence-electron chi connectivity index (χ2n) is 7.89. The molecule has 0 bridgehead atoms. The Hall–Kier alpha value is -1.26. The lowest BCUT2D eigenvalue weighted by Crippen LogP contribution is -2.30. The van der Waals surface area contributed by atoms with Gasteiger partial charge in [0.1, 0.15) is 0 Å². The summed E-state index contributed by atoms with van der Waals surface area (Å²) in [5.41, 5.74) is 10.2. The molecule has 0 saturated heterocycles. The Bertz CT molecular complexity index is 637. The minimum Gasteiger partial charge on any atom is -0.366 e. The van der Waals surface area contributed by atoms with Crippen molar-refractivity contribution in [2.45, 2.75) is 52.5 Å². The lowest BCUT2D eigenvalue weighted by atomic mass is 9.76. The van der Waals surface area contributed by atoms with E-state index in [0.717, 1.165) is 43.5 Å². The monoisotopic (exact) mass is 360 g/mol. The minimum atomic E-state index is -0.335. The number of nitrogens with one attached hydrogen (secondary N) is 1. The summed E-state index contributed by atoms with van der Waals surface area (Å²) >= 11 is 1.85. The highest BCUT2D eigenvalue weighted by Gasteiger charge is 2.24. The number of hydrogen-bond acceptors (Lipinski definition) is 3. The number of thioether (sulfide) groups is 1. The molecule has 1 aromatic rings. The van der Waals surface area contributed by atoms with Gasteiger partial charge in [-0.1, -0.05) is 32.1 Å². The predicted octanol–water partition coefficient (Wildman–Crippen LogP) is 4.26. The molecule has 0 aliphatic heterocycles. The maximum atomic E-state index is 11.9. The third-order valence-corrected chi connectivity index (χ3v) is 5.62. The Labute approximate surface area is 156 Å². The van der Waals surface area contributed by atoms with Gasteiger partial charge in [0, 0.05) is 23.9 Å². The van der Waals surface area contributed by atoms with Crippen LogP contribution in [-0.2, 0) is 6.42 Å². The summed E-state index contributed by atoms with van der Waals surface area (Å²) < 4.78 is 0. The summed E-state index contributed by atoms with van der Waals surface area (Å²) in [5, 5.41) is 3.55. The molecule has 0 radical (unpaired) electrons. The lowest BCUT2D eigenvalue weighted by molar-refractivity contribution is 0.1000. The third kappa shape index (κ3) is 5.89. The second kappa shape index (κ2) is 8.91. The molecule has 138 valence electrons. The fourth-order valence-electron chi connectivity index (χ4n) is 3.35. The summed E-state index contributed by atoms with van der Waals surface area (Å²) in [4.78, 5) is 11.9. The SMILES string of the molecule is CSCCNC(C)Cc1ccc(C(N)=O)c(C2=CCC(C)(C)CC2)c1. The molecular weight excluding hydrogens is 328 g/mol. The number of primary amides is 1. The molecule has 0 fully saturated rings. The lowest BCUT2D eigenvalue weighted by Gasteiger charge is -2.29. The van der Waals surface area contributed by atoms with E-state index in [4.69, 9.17) is 5.73 Å². The molecule has 0 heterocycles. The average Bonchev–Trinajstić information content (AvgIpc) is 2.55. The van der Waals surface area contributed by atoms with E-state index in [1.54, 1.807) is 0 Å². The Morgan fingerprint density at radius 3 is 2.76 bits per heavy atom. The standard InChI is InChI=1S/C21H32N2OS/c1-15(23-11-12-25-4)13-16-5-6-18(20(22)24)19(14-16)17-7-9-21(2,3)10-8-17/h5-7,14-15,23H,8-13H2,1-4H3,(H2,22,24). The Morgan fingerprint density at radius 1 is 1.40 bits per heavy atom. The van der Waals surface area contributed by atoms with E-state index in [2.05, 4.69) is 44.5 Å². The topological polar surface area (TPSA) is 55.1 Å². The zero-order chi connectivity index (χ0) is 18.4. The van der Waals surface area contributed by atoms with Crippen LogP contribution >= 0.6 is 11.8 Å². The summed E-state index contributed by atoms with van der Waals surface area (Å²) in [5.74, 6) is 0.789. The third-order valence-electron chi connectivity index (χ3n) is 5.01. The van der Waals surface area contributed by atoms with Gasteiger partial charge < -0.3 is 11.1 Å². The average molecular weight is 361 g/mol. The largest absolute Gasteiger partial charge is 0.366 e. The van der Waals surface area contributed by atoms with Crippen molar-refractivity contribution in [3.8, 4) is 0 Å². The predicted molar refractivity (Wildman–Crippen MR) is 110 cm³/mol. The maximum Gasteiger partial charge on any atom is 0.249 e. The molecule has 25 heavy (non-hydrogen) atoms. The first-order valence-electron chi connectivity index (χ1n) is 9.17. The van der Waals surface area contributed by atoms with Gasteiger partial charge in [0.05, 0.1) is 0 Å². The van der Waals surface area contributed by atoms with Crippen molar-refractivity contribution in [1.82, 2.24) is 5.32 Å². The summed E-state index contributed by atoms with van der Waals surface area (Å²) in [6.07, 6.45) is 8.60. The van der Waals surface area contributed by atoms with Crippen LogP contribution in [0, 0.1) is 5.41 Å². The fourth-order valence-corrected chi connectivity index (χ4v) is 3.68. The van der Waals surface area contributed by atoms with Crippen molar-refractivity contribution in [3.05, 3.63) is 41.0 Å². The van der Waals surface area contributed by atoms with Crippen LogP contribution < -0.4 is 11.1 Å². The Kier molecular flexibility index (Phi) is 7.14. The van der Waals surface area contributed by atoms with Crippen LogP contribution in [0.2, 0.25) is 0 Å². The van der Waals surface area contributed by atoms with Crippen LogP contribution in [0.3, 0.4) is 0 Å². The molecule has 0 spiro atoms. The van der Waals surface area contributed by atoms with Gasteiger partial charge in [0.25, 0.3) is 0 Å². The number of hydrogen-bond donors (Lipinski definition) is 2. The van der Waals surface area contributed by atoms with Gasteiger partial charge in [0.2, 0.25) is 5.91 Å². The molecule has 1 aromatic carbocycles. The minimum absolute atomic E-state index is 0.335. The summed E-state index contributed by atoms with van der Waals surface area (Å²) in [6.45, 7) is 7.83. The molecular formula is C21H32N2OS. The van der Waals surface area contributed by atoms with Gasteiger partial charge in [-0.3, -0.25) is 4.79 Å². The Balaban J connectivity index is 2.19. The molecule has 3 N–H and O–H groups in total. The first-order chi connectivity index (χ1) is 11.8. The number of allylic oxidation sites excluding steroid dienone is 2. The summed E-state index contributed by atoms with van der Waals surface area (Å²) in [6, 6.07) is 6.54. The van der Waals surface area contributed by atoms with E-state index in [9.17, 15) is 4.79 Å². The normalized spacial score (nSPS) is 17.8. The Morgan fingerprint density at radius 2 is 2.16 bits per heavy atom. The molecule has 1 aliphatic rings. The van der Waals surface area contributed by atoms with Crippen LogP contribution in [-0.4, -0.2) is 30.5 Å². The van der Waals surface area contributed by atoms with Crippen molar-refractivity contribution in [2.75, 3.05) is 18.6 Å². The van der Waals surface area contributed by atoms with Gasteiger partial charge in [-0.05, 0) is 67.0 Å². The van der Waals surface area contributed by atoms with Crippen molar-refractivity contribution >= 4 is 23.2 Å². The zero-order valence-electron chi connectivity index (χ0n) is 16.0. The van der Waals surface area contributed by atoms with Crippen molar-refractivity contribution in [1.29, 1.82) is 0 Å². The molecule has 0 aromatic heterocycles. The number of rotatable bonds is 8. The van der Waals surface area contributed by atoms with E-state index in [0.29, 0.717) is 17.0 Å². The maximum absolute atomic E-state index is 11.9. The molecule has 1 unspecified atom stereocenters. The number of nitrogens with two attached hydrogens (primary N) is 1. The van der Waals surface area contributed by atoms with Gasteiger partial charge in [-0.2, -0.15) is 11.8 Å². The first kappa shape index (κ1) is 20.1. The van der Waals surface area contributed by atoms with Gasteiger partial charge in [-0.15, -0.1) is 0 Å². The van der Waals surface area contributed by atoms with E-state index >= 15 is 0 Å². The van der Waals surface area contributed by atoms with Crippen LogP contribution in [0.15, 0.2) is 24.3 Å². The van der Waals surface area contributed by atoms with Gasteiger partial charge in [0.15, 0.2) is 0 Å². The highest BCUT2D eigenvalue weighted by molar-refractivity contribution is 7.98. The highest BCUT2D eigenvalue weighted by Crippen LogP contribution is 2.39. The number of carbonyl (C=O) groups excluding carboxylic acids is 1. The first-order valence-corrected chi connectivity index (χ1v) is 10.6. The van der Waals surface area contributed by atoms with Gasteiger partial charge in [-0.25, -0.2) is 0 Å². The van der Waals surface area contributed by atoms with Crippen LogP contribution in [0.1, 0.15) is 61.5 Å². The number of carbonyl (C=O) groups is 1. The van der Waals surface area contributed by atoms with Crippen LogP contribution in [0.5, 0.6) is 0 Å². The molecule has 4 heteroatoms. The van der Waals surface area contributed by atoms with E-state index in [-0.39, 0.29) is 5.91 Å². The van der Waals surface area contributed by atoms with Crippen molar-refractivity contribution < 1.29 is 4.79 Å². The van der Waals surface area contributed by atoms with Crippen LogP contribution in [0.25, 0.3) is 5.57 Å². The molecule has 3 nitrogen and oxygen atoms in total. The van der Waals surface area contributed by atoms with Crippen LogP contribution in [0.4, 0.5) is 0 Å². The second-order valence-corrected chi connectivity index (χ2v) is 8.88. The quantitative estimate of drug-likeness (QED) is 0.681. The summed E-state index contributed by atoms with van der Waals surface area (Å²) in [7, 11) is 0. The molecule has 1 amide bonds. The van der Waals surface area contributed by atoms with Crippen molar-refractivity contribution in [2.24, 2.45) is 11.1 Å². The highest BCUT2D eigenvalue weighted by atomic mass is 32.2. The molecule has 1 atom stereocenters. The number of benzene rings is 1. The van der Waals surface area contributed by atoms with E-state index < -0.39 is 0 Å². The fraction of sp³-hybridized carbons (Fsp3) is 0.571. The molecule has 1 aliphatic carbocycles. The van der Waals surface area contributed by atoms with E-state index in [1.807, 2.05) is 23.9 Å².